The highest BCUT2D eigenvalue weighted by atomic mass is 32.2. The first-order chi connectivity index (χ1) is 16.0. The Balaban J connectivity index is 1.79. The lowest BCUT2D eigenvalue weighted by molar-refractivity contribution is 0.411. The molecule has 3 aromatic rings. The van der Waals surface area contributed by atoms with Crippen molar-refractivity contribution in [2.45, 2.75) is 16.8 Å². The van der Waals surface area contributed by atoms with Crippen molar-refractivity contribution in [3.63, 3.8) is 0 Å². The third kappa shape index (κ3) is 4.31. The van der Waals surface area contributed by atoms with Crippen LogP contribution < -0.4 is 26.8 Å². The molecule has 2 aromatic heterocycles. The molecule has 0 bridgehead atoms. The number of hydrogen-bond donors (Lipinski definition) is 4. The average molecular weight is 458 g/mol. The van der Waals surface area contributed by atoms with Crippen LogP contribution in [-0.2, 0) is 5.75 Å². The van der Waals surface area contributed by atoms with Crippen LogP contribution in [0.1, 0.15) is 28.3 Å². The first-order valence-electron chi connectivity index (χ1n) is 9.75. The predicted octanol–water partition coefficient (Wildman–Crippen LogP) is 2.76. The van der Waals surface area contributed by atoms with Crippen molar-refractivity contribution in [1.82, 2.24) is 15.3 Å². The molecule has 0 saturated carbocycles. The summed E-state index contributed by atoms with van der Waals surface area (Å²) in [6.07, 6.45) is 3.59. The molecule has 4 rings (SSSR count). The molecule has 0 fully saturated rings. The monoisotopic (exact) mass is 457 g/mol. The maximum Gasteiger partial charge on any atom is 0.211 e. The molecule has 1 aliphatic heterocycles. The van der Waals surface area contributed by atoms with Gasteiger partial charge in [0.15, 0.2) is 6.19 Å². The van der Waals surface area contributed by atoms with Crippen molar-refractivity contribution in [3.05, 3.63) is 64.8 Å². The van der Waals surface area contributed by atoms with E-state index >= 15 is 0 Å². The zero-order valence-corrected chi connectivity index (χ0v) is 18.3. The van der Waals surface area contributed by atoms with Gasteiger partial charge in [-0.1, -0.05) is 12.1 Å². The Labute approximate surface area is 194 Å². The van der Waals surface area contributed by atoms with Crippen molar-refractivity contribution in [1.29, 1.82) is 10.5 Å². The van der Waals surface area contributed by atoms with Crippen LogP contribution in [0.3, 0.4) is 0 Å². The number of nitrogens with one attached hydrogen (secondary N) is 2. The van der Waals surface area contributed by atoms with Gasteiger partial charge in [-0.15, -0.1) is 11.8 Å². The molecule has 164 valence electrons. The predicted molar refractivity (Wildman–Crippen MR) is 126 cm³/mol. The number of aromatic nitrogens is 2. The molecule has 0 radical (unpaired) electrons. The van der Waals surface area contributed by atoms with Crippen molar-refractivity contribution >= 4 is 35.0 Å². The summed E-state index contributed by atoms with van der Waals surface area (Å²) in [5.74, 6) is 1.86. The van der Waals surface area contributed by atoms with Gasteiger partial charge in [-0.3, -0.25) is 5.32 Å². The van der Waals surface area contributed by atoms with E-state index in [4.69, 9.17) is 21.5 Å². The average Bonchev–Trinajstić information content (AvgIpc) is 2.83. The fourth-order valence-electron chi connectivity index (χ4n) is 3.49. The van der Waals surface area contributed by atoms with E-state index in [0.717, 1.165) is 21.9 Å². The molecule has 10 nitrogen and oxygen atoms in total. The number of nitrogens with zero attached hydrogens (tertiary/aromatic N) is 5. The summed E-state index contributed by atoms with van der Waals surface area (Å²) < 4.78 is 5.55. The van der Waals surface area contributed by atoms with Crippen LogP contribution >= 0.6 is 11.8 Å². The SMILES string of the molecule is COc1ccc(C2N=C(NC#N)Nc3nc(N)c(C#N)c(N)c32)cc1CSc1ccccn1. The van der Waals surface area contributed by atoms with E-state index in [9.17, 15) is 5.26 Å². The number of hydrogen-bond acceptors (Lipinski definition) is 11. The minimum atomic E-state index is -0.623. The summed E-state index contributed by atoms with van der Waals surface area (Å²) in [5, 5.41) is 24.9. The number of pyridine rings is 2. The summed E-state index contributed by atoms with van der Waals surface area (Å²) in [5.41, 5.74) is 14.7. The number of methoxy groups -OCH3 is 1. The largest absolute Gasteiger partial charge is 0.496 e. The van der Waals surface area contributed by atoms with E-state index in [0.29, 0.717) is 17.1 Å². The molecule has 1 aromatic carbocycles. The van der Waals surface area contributed by atoms with E-state index in [-0.39, 0.29) is 23.0 Å². The van der Waals surface area contributed by atoms with E-state index < -0.39 is 6.04 Å². The lowest BCUT2D eigenvalue weighted by Crippen LogP contribution is -2.32. The lowest BCUT2D eigenvalue weighted by Gasteiger charge is -2.26. The van der Waals surface area contributed by atoms with Gasteiger partial charge in [-0.2, -0.15) is 10.5 Å². The van der Waals surface area contributed by atoms with Gasteiger partial charge in [0.25, 0.3) is 0 Å². The summed E-state index contributed by atoms with van der Waals surface area (Å²) in [7, 11) is 1.61. The second-order valence-electron chi connectivity index (χ2n) is 6.93. The molecule has 1 unspecified atom stereocenters. The number of benzene rings is 1. The second kappa shape index (κ2) is 9.34. The number of nitrogens with two attached hydrogens (primary N) is 2. The van der Waals surface area contributed by atoms with Crippen molar-refractivity contribution in [2.75, 3.05) is 23.9 Å². The van der Waals surface area contributed by atoms with Gasteiger partial charge in [0.05, 0.1) is 17.8 Å². The van der Waals surface area contributed by atoms with Crippen molar-refractivity contribution in [2.24, 2.45) is 4.99 Å². The molecule has 1 aliphatic rings. The van der Waals surface area contributed by atoms with Gasteiger partial charge < -0.3 is 21.5 Å². The number of nitrogen functional groups attached to an aromatic ring is 2. The number of anilines is 3. The highest BCUT2D eigenvalue weighted by Gasteiger charge is 2.30. The van der Waals surface area contributed by atoms with E-state index in [2.05, 4.69) is 25.6 Å². The molecule has 0 spiro atoms. The number of nitriles is 2. The Morgan fingerprint density at radius 1 is 1.24 bits per heavy atom. The lowest BCUT2D eigenvalue weighted by atomic mass is 9.94. The van der Waals surface area contributed by atoms with Crippen LogP contribution in [-0.4, -0.2) is 23.0 Å². The Bertz CT molecular complexity index is 1310. The normalized spacial score (nSPS) is 14.2. The topological polar surface area (TPSA) is 171 Å². The van der Waals surface area contributed by atoms with Gasteiger partial charge >= 0.3 is 0 Å². The molecule has 0 saturated heterocycles. The highest BCUT2D eigenvalue weighted by molar-refractivity contribution is 7.98. The number of ether oxygens (including phenoxy) is 1. The minimum absolute atomic E-state index is 0.000360. The van der Waals surface area contributed by atoms with E-state index in [1.165, 1.54) is 0 Å². The second-order valence-corrected chi connectivity index (χ2v) is 7.93. The van der Waals surface area contributed by atoms with Crippen LogP contribution in [0.25, 0.3) is 0 Å². The molecule has 11 heteroatoms. The van der Waals surface area contributed by atoms with Gasteiger partial charge in [-0.25, -0.2) is 15.0 Å². The van der Waals surface area contributed by atoms with Gasteiger partial charge in [0.1, 0.15) is 35.1 Å². The maximum absolute atomic E-state index is 9.50. The number of aliphatic imine (C=N–C) groups is 1. The molecular formula is C22H19N9OS. The minimum Gasteiger partial charge on any atom is -0.496 e. The van der Waals surface area contributed by atoms with Crippen LogP contribution in [0.2, 0.25) is 0 Å². The summed E-state index contributed by atoms with van der Waals surface area (Å²) in [4.78, 5) is 13.2. The molecule has 6 N–H and O–H groups in total. The number of guanidine groups is 1. The maximum atomic E-state index is 9.50. The standard InChI is InChI=1S/C22H19N9OS/c1-32-15-6-5-12(8-13(15)10-33-16-4-2-3-7-27-16)19-17-18(25)14(9-23)20(26)30-21(17)31-22(29-19)28-11-24/h2-8,19H,10H2,1H3,(H6,25,26,28,29,30,31). The number of thioether (sulfide) groups is 1. The molecular weight excluding hydrogens is 438 g/mol. The fraction of sp³-hybridized carbons (Fsp3) is 0.136. The first-order valence-corrected chi connectivity index (χ1v) is 10.7. The smallest absolute Gasteiger partial charge is 0.211 e. The number of fused-ring (bicyclic) bond motifs is 1. The Morgan fingerprint density at radius 2 is 2.09 bits per heavy atom. The molecule has 1 atom stereocenters. The Hall–Kier alpha value is -4.48. The fourth-order valence-corrected chi connectivity index (χ4v) is 4.33. The van der Waals surface area contributed by atoms with E-state index in [1.54, 1.807) is 25.1 Å². The zero-order valence-electron chi connectivity index (χ0n) is 17.5. The summed E-state index contributed by atoms with van der Waals surface area (Å²) in [6, 6.07) is 12.8. The first kappa shape index (κ1) is 21.7. The van der Waals surface area contributed by atoms with Gasteiger partial charge in [0, 0.05) is 23.1 Å². The van der Waals surface area contributed by atoms with Crippen LogP contribution in [0.5, 0.6) is 5.75 Å². The van der Waals surface area contributed by atoms with Crippen molar-refractivity contribution < 1.29 is 4.74 Å². The Morgan fingerprint density at radius 3 is 2.79 bits per heavy atom. The molecule has 33 heavy (non-hydrogen) atoms. The van der Waals surface area contributed by atoms with Crippen LogP contribution in [0, 0.1) is 22.8 Å². The zero-order chi connectivity index (χ0) is 23.4. The third-order valence-corrected chi connectivity index (χ3v) is 5.98. The van der Waals surface area contributed by atoms with E-state index in [1.807, 2.05) is 48.7 Å². The van der Waals surface area contributed by atoms with Crippen LogP contribution in [0.4, 0.5) is 17.3 Å². The molecule has 0 aliphatic carbocycles. The van der Waals surface area contributed by atoms with Crippen LogP contribution in [0.15, 0.2) is 52.6 Å². The highest BCUT2D eigenvalue weighted by Crippen LogP contribution is 2.41. The van der Waals surface area contributed by atoms with Crippen molar-refractivity contribution in [3.8, 4) is 18.0 Å². The summed E-state index contributed by atoms with van der Waals surface area (Å²) in [6.45, 7) is 0. The third-order valence-electron chi connectivity index (χ3n) is 4.99. The van der Waals surface area contributed by atoms with Gasteiger partial charge in [-0.05, 0) is 29.8 Å². The summed E-state index contributed by atoms with van der Waals surface area (Å²) >= 11 is 1.57. The quantitative estimate of drug-likeness (QED) is 0.253. The van der Waals surface area contributed by atoms with Gasteiger partial charge in [0.2, 0.25) is 5.96 Å². The Kier molecular flexibility index (Phi) is 6.15. The number of rotatable bonds is 5. The molecule has 0 amide bonds. The molecule has 3 heterocycles.